The molecular weight excluding hydrogens is 352 g/mol. The van der Waals surface area contributed by atoms with Crippen LogP contribution in [0.15, 0.2) is 24.4 Å². The van der Waals surface area contributed by atoms with E-state index < -0.39 is 43.2 Å². The molecule has 3 rings (SSSR count). The highest BCUT2D eigenvalue weighted by molar-refractivity contribution is 6.31. The van der Waals surface area contributed by atoms with E-state index in [1.807, 2.05) is 0 Å². The average molecular weight is 371 g/mol. The van der Waals surface area contributed by atoms with Crippen molar-refractivity contribution in [3.63, 3.8) is 0 Å². The van der Waals surface area contributed by atoms with Gasteiger partial charge in [0.1, 0.15) is 30.1 Å². The molecule has 5 N–H and O–H groups in total. The van der Waals surface area contributed by atoms with E-state index in [-0.39, 0.29) is 0 Å². The molecule has 9 heteroatoms. The van der Waals surface area contributed by atoms with Gasteiger partial charge in [-0.2, -0.15) is 0 Å². The van der Waals surface area contributed by atoms with E-state index in [1.54, 1.807) is 24.4 Å². The number of aliphatic hydroxyl groups is 3. The van der Waals surface area contributed by atoms with Crippen molar-refractivity contribution in [2.75, 3.05) is 6.61 Å². The fourth-order valence-electron chi connectivity index (χ4n) is 2.87. The number of fused-ring (bicyclic) bond motifs is 1. The van der Waals surface area contributed by atoms with E-state index in [2.05, 4.69) is 10.3 Å². The van der Waals surface area contributed by atoms with Crippen molar-refractivity contribution in [1.29, 1.82) is 0 Å². The Morgan fingerprint density at radius 2 is 2.16 bits per heavy atom. The fourth-order valence-corrected chi connectivity index (χ4v) is 3.04. The molecule has 0 unspecified atom stereocenters. The molecule has 2 aromatic rings. The summed E-state index contributed by atoms with van der Waals surface area (Å²) < 4.78 is 11.4. The van der Waals surface area contributed by atoms with Gasteiger partial charge in [-0.15, -0.1) is 0 Å². The molecule has 0 aliphatic carbocycles. The van der Waals surface area contributed by atoms with Gasteiger partial charge >= 0.3 is 0 Å². The predicted molar refractivity (Wildman–Crippen MR) is 89.3 cm³/mol. The summed E-state index contributed by atoms with van der Waals surface area (Å²) in [5, 5.41) is 33.4. The zero-order valence-corrected chi connectivity index (χ0v) is 14.1. The third-order valence-corrected chi connectivity index (χ3v) is 4.33. The number of carbonyl (C=O) groups is 1. The van der Waals surface area contributed by atoms with Gasteiger partial charge in [0.05, 0.1) is 12.1 Å². The topological polar surface area (TPSA) is 124 Å². The van der Waals surface area contributed by atoms with E-state index in [0.717, 1.165) is 10.9 Å². The molecule has 25 heavy (non-hydrogen) atoms. The normalized spacial score (nSPS) is 29.6. The number of nitrogens with one attached hydrogen (secondary N) is 2. The minimum Gasteiger partial charge on any atom is -0.460 e. The van der Waals surface area contributed by atoms with Gasteiger partial charge in [0, 0.05) is 23.5 Å². The van der Waals surface area contributed by atoms with Crippen LogP contribution in [0.4, 0.5) is 0 Å². The summed E-state index contributed by atoms with van der Waals surface area (Å²) in [4.78, 5) is 14.4. The number of aromatic nitrogens is 1. The smallest absolute Gasteiger partial charge is 0.223 e. The molecule has 1 aromatic heterocycles. The van der Waals surface area contributed by atoms with Crippen molar-refractivity contribution < 1.29 is 29.6 Å². The van der Waals surface area contributed by atoms with Gasteiger partial charge in [0.15, 0.2) is 0 Å². The monoisotopic (exact) mass is 370 g/mol. The highest BCUT2D eigenvalue weighted by Gasteiger charge is 2.46. The number of halogens is 1. The summed E-state index contributed by atoms with van der Waals surface area (Å²) in [5.41, 5.74) is 0.744. The van der Waals surface area contributed by atoms with Gasteiger partial charge in [-0.25, -0.2) is 0 Å². The largest absolute Gasteiger partial charge is 0.460 e. The first-order valence-electron chi connectivity index (χ1n) is 7.73. The number of aromatic amines is 1. The minimum atomic E-state index is -1.36. The molecule has 1 fully saturated rings. The standard InChI is InChI=1S/C16H19ClN2O6/c1-7(21)19-13-15(23)14(22)12(6-20)25-16(13)24-11-5-18-10-4-8(17)2-3-9(10)11/h2-5,12-16,18,20,22-23H,6H2,1H3,(H,19,21)/t12-,13+,14-,15-,16+/m0/s1. The minimum absolute atomic E-state index is 0.415. The number of ether oxygens (including phenoxy) is 2. The van der Waals surface area contributed by atoms with Crippen LogP contribution in [0.3, 0.4) is 0 Å². The molecule has 136 valence electrons. The van der Waals surface area contributed by atoms with Crippen LogP contribution in [-0.4, -0.2) is 63.5 Å². The lowest BCUT2D eigenvalue weighted by Crippen LogP contribution is -2.65. The number of aliphatic hydroxyl groups excluding tert-OH is 3. The fraction of sp³-hybridized carbons (Fsp3) is 0.438. The highest BCUT2D eigenvalue weighted by atomic mass is 35.5. The molecule has 1 aromatic carbocycles. The summed E-state index contributed by atoms with van der Waals surface area (Å²) in [7, 11) is 0. The van der Waals surface area contributed by atoms with Crippen molar-refractivity contribution in [2.24, 2.45) is 0 Å². The maximum Gasteiger partial charge on any atom is 0.223 e. The SMILES string of the molecule is CC(=O)N[C@H]1[C@H](Oc2c[nH]c3cc(Cl)ccc23)O[C@@H](CO)[C@H](O)[C@H]1O. The number of benzene rings is 1. The van der Waals surface area contributed by atoms with Crippen LogP contribution in [0.5, 0.6) is 5.75 Å². The van der Waals surface area contributed by atoms with Gasteiger partial charge in [0.25, 0.3) is 0 Å². The molecule has 1 amide bonds. The van der Waals surface area contributed by atoms with Crippen LogP contribution in [0, 0.1) is 0 Å². The number of H-pyrrole nitrogens is 1. The number of hydrogen-bond donors (Lipinski definition) is 5. The number of amides is 1. The molecule has 0 spiro atoms. The predicted octanol–water partition coefficient (Wildman–Crippen LogP) is 0.144. The quantitative estimate of drug-likeness (QED) is 0.521. The van der Waals surface area contributed by atoms with Gasteiger partial charge in [0.2, 0.25) is 12.2 Å². The Balaban J connectivity index is 1.89. The van der Waals surface area contributed by atoms with Crippen LogP contribution < -0.4 is 10.1 Å². The van der Waals surface area contributed by atoms with Gasteiger partial charge in [-0.3, -0.25) is 4.79 Å². The Labute approximate surface area is 148 Å². The Morgan fingerprint density at radius 1 is 1.40 bits per heavy atom. The molecule has 1 saturated heterocycles. The van der Waals surface area contributed by atoms with E-state index in [4.69, 9.17) is 21.1 Å². The highest BCUT2D eigenvalue weighted by Crippen LogP contribution is 2.31. The van der Waals surface area contributed by atoms with Crippen molar-refractivity contribution >= 4 is 28.4 Å². The summed E-state index contributed by atoms with van der Waals surface area (Å²) in [6.07, 6.45) is -3.26. The lowest BCUT2D eigenvalue weighted by atomic mass is 9.97. The maximum atomic E-state index is 11.4. The third kappa shape index (κ3) is 3.58. The number of hydrogen-bond acceptors (Lipinski definition) is 6. The molecule has 0 saturated carbocycles. The Kier molecular flexibility index (Phi) is 5.16. The van der Waals surface area contributed by atoms with Crippen molar-refractivity contribution in [3.8, 4) is 5.75 Å². The van der Waals surface area contributed by atoms with Crippen LogP contribution in [0.25, 0.3) is 10.9 Å². The first-order valence-corrected chi connectivity index (χ1v) is 8.11. The lowest BCUT2D eigenvalue weighted by molar-refractivity contribution is -0.244. The molecule has 8 nitrogen and oxygen atoms in total. The molecule has 2 heterocycles. The van der Waals surface area contributed by atoms with Crippen molar-refractivity contribution in [2.45, 2.75) is 37.6 Å². The number of rotatable bonds is 4. The van der Waals surface area contributed by atoms with Gasteiger partial charge in [-0.05, 0) is 18.2 Å². The third-order valence-electron chi connectivity index (χ3n) is 4.10. The zero-order valence-electron chi connectivity index (χ0n) is 13.3. The summed E-state index contributed by atoms with van der Waals surface area (Å²) in [6, 6.07) is 4.18. The van der Waals surface area contributed by atoms with Crippen molar-refractivity contribution in [1.82, 2.24) is 10.3 Å². The van der Waals surface area contributed by atoms with Crippen LogP contribution >= 0.6 is 11.6 Å². The molecular formula is C16H19ClN2O6. The Hall–Kier alpha value is -1.84. The molecule has 5 atom stereocenters. The van der Waals surface area contributed by atoms with Gasteiger partial charge in [-0.1, -0.05) is 11.6 Å². The van der Waals surface area contributed by atoms with E-state index in [9.17, 15) is 20.1 Å². The van der Waals surface area contributed by atoms with Crippen LogP contribution in [-0.2, 0) is 9.53 Å². The van der Waals surface area contributed by atoms with Gasteiger partial charge < -0.3 is 35.1 Å². The molecule has 1 aliphatic heterocycles. The summed E-state index contributed by atoms with van der Waals surface area (Å²) >= 11 is 5.95. The molecule has 0 radical (unpaired) electrons. The lowest BCUT2D eigenvalue weighted by Gasteiger charge is -2.41. The van der Waals surface area contributed by atoms with Crippen molar-refractivity contribution in [3.05, 3.63) is 29.4 Å². The summed E-state index contributed by atoms with van der Waals surface area (Å²) in [5.74, 6) is 0.00825. The Bertz CT molecular complexity index is 766. The van der Waals surface area contributed by atoms with E-state index in [1.165, 1.54) is 6.92 Å². The van der Waals surface area contributed by atoms with E-state index in [0.29, 0.717) is 10.8 Å². The second-order valence-corrected chi connectivity index (χ2v) is 6.33. The first kappa shape index (κ1) is 18.0. The van der Waals surface area contributed by atoms with E-state index >= 15 is 0 Å². The number of carbonyl (C=O) groups excluding carboxylic acids is 1. The Morgan fingerprint density at radius 3 is 2.84 bits per heavy atom. The first-order chi connectivity index (χ1) is 11.9. The van der Waals surface area contributed by atoms with Crippen LogP contribution in [0.2, 0.25) is 5.02 Å². The maximum absolute atomic E-state index is 11.4. The zero-order chi connectivity index (χ0) is 18.1. The molecule has 1 aliphatic rings. The average Bonchev–Trinajstić information content (AvgIpc) is 2.96. The second kappa shape index (κ2) is 7.19. The van der Waals surface area contributed by atoms with Crippen LogP contribution in [0.1, 0.15) is 6.92 Å². The summed E-state index contributed by atoms with van der Waals surface area (Å²) in [6.45, 7) is 0.774. The second-order valence-electron chi connectivity index (χ2n) is 5.89. The molecule has 0 bridgehead atoms.